The third kappa shape index (κ3) is 4.25. The van der Waals surface area contributed by atoms with Crippen molar-refractivity contribution in [1.82, 2.24) is 25.1 Å². The number of nitrogens with one attached hydrogen (secondary N) is 1. The molecule has 36 heavy (non-hydrogen) atoms. The van der Waals surface area contributed by atoms with Crippen molar-refractivity contribution in [3.05, 3.63) is 53.1 Å². The number of fused-ring (bicyclic) bond motifs is 1. The molecule has 1 aromatic carbocycles. The Bertz CT molecular complexity index is 1210. The molecule has 3 atom stereocenters. The Labute approximate surface area is 210 Å². The van der Waals surface area contributed by atoms with Crippen LogP contribution < -0.4 is 10.1 Å². The van der Waals surface area contributed by atoms with Crippen LogP contribution in [0.2, 0.25) is 0 Å². The van der Waals surface area contributed by atoms with E-state index in [1.807, 2.05) is 37.4 Å². The zero-order valence-corrected chi connectivity index (χ0v) is 20.5. The lowest BCUT2D eigenvalue weighted by molar-refractivity contribution is -0.136. The van der Waals surface area contributed by atoms with Crippen molar-refractivity contribution in [2.45, 2.75) is 76.1 Å². The molecule has 6 rings (SSSR count). The highest BCUT2D eigenvalue weighted by Gasteiger charge is 2.41. The van der Waals surface area contributed by atoms with E-state index in [1.165, 1.54) is 6.42 Å². The molecule has 9 nitrogen and oxygen atoms in total. The molecule has 0 bridgehead atoms. The number of amides is 3. The van der Waals surface area contributed by atoms with E-state index < -0.39 is 11.9 Å². The van der Waals surface area contributed by atoms with Gasteiger partial charge >= 0.3 is 0 Å². The van der Waals surface area contributed by atoms with Crippen LogP contribution in [0, 0.1) is 6.92 Å². The van der Waals surface area contributed by atoms with Crippen molar-refractivity contribution < 1.29 is 19.1 Å². The second-order valence-corrected chi connectivity index (χ2v) is 10.4. The Hall–Kier alpha value is -3.33. The van der Waals surface area contributed by atoms with E-state index in [1.54, 1.807) is 4.90 Å². The SMILES string of the molecule is Cc1ccnc(C2CN(C3CCCC[C@H]3Oc3ccc4c(c3)CN(C3CCC(=O)NC3=O)C4=O)C2)n1. The summed E-state index contributed by atoms with van der Waals surface area (Å²) in [4.78, 5) is 50.0. The standard InChI is InChI=1S/C27H31N5O4/c1-16-10-11-28-25(29-16)18-13-31(14-18)21-4-2-3-5-23(21)36-19-6-7-20-17(12-19)15-32(27(20)35)22-8-9-24(33)30-26(22)34/h6-7,10-12,18,21-23H,2-5,8-9,13-15H2,1H3,(H,30,33,34)/t21?,22?,23-/m1/s1. The fourth-order valence-electron chi connectivity index (χ4n) is 6.04. The second kappa shape index (κ2) is 9.28. The molecule has 3 aliphatic heterocycles. The summed E-state index contributed by atoms with van der Waals surface area (Å²) in [5, 5.41) is 2.35. The third-order valence-electron chi connectivity index (χ3n) is 8.01. The van der Waals surface area contributed by atoms with Crippen LogP contribution in [-0.4, -0.2) is 68.8 Å². The van der Waals surface area contributed by atoms with E-state index >= 15 is 0 Å². The van der Waals surface area contributed by atoms with Crippen molar-refractivity contribution in [2.24, 2.45) is 0 Å². The first-order chi connectivity index (χ1) is 17.5. The molecule has 3 fully saturated rings. The minimum Gasteiger partial charge on any atom is -0.489 e. The van der Waals surface area contributed by atoms with Crippen LogP contribution in [0.4, 0.5) is 0 Å². The first-order valence-electron chi connectivity index (χ1n) is 12.9. The summed E-state index contributed by atoms with van der Waals surface area (Å²) in [5.74, 6) is 1.24. The smallest absolute Gasteiger partial charge is 0.255 e. The van der Waals surface area contributed by atoms with Crippen molar-refractivity contribution in [2.75, 3.05) is 13.1 Å². The molecule has 0 spiro atoms. The van der Waals surface area contributed by atoms with Gasteiger partial charge in [0.25, 0.3) is 5.91 Å². The molecular weight excluding hydrogens is 458 g/mol. The zero-order valence-electron chi connectivity index (χ0n) is 20.5. The molecule has 1 N–H and O–H groups in total. The van der Waals surface area contributed by atoms with Gasteiger partial charge in [-0.05, 0) is 62.4 Å². The van der Waals surface area contributed by atoms with Gasteiger partial charge in [0.2, 0.25) is 11.8 Å². The van der Waals surface area contributed by atoms with Crippen molar-refractivity contribution in [3.8, 4) is 5.75 Å². The fourth-order valence-corrected chi connectivity index (χ4v) is 6.04. The summed E-state index contributed by atoms with van der Waals surface area (Å²) in [5.41, 5.74) is 2.48. The van der Waals surface area contributed by atoms with Gasteiger partial charge in [-0.2, -0.15) is 0 Å². The van der Waals surface area contributed by atoms with E-state index in [0.29, 0.717) is 30.5 Å². The quantitative estimate of drug-likeness (QED) is 0.643. The van der Waals surface area contributed by atoms with Gasteiger partial charge in [0.05, 0.1) is 0 Å². The zero-order chi connectivity index (χ0) is 24.8. The molecule has 2 aromatic rings. The number of hydrogen-bond donors (Lipinski definition) is 1. The first-order valence-corrected chi connectivity index (χ1v) is 12.9. The number of piperidine rings is 1. The Morgan fingerprint density at radius 3 is 2.69 bits per heavy atom. The Morgan fingerprint density at radius 2 is 1.89 bits per heavy atom. The number of aryl methyl sites for hydroxylation is 1. The summed E-state index contributed by atoms with van der Waals surface area (Å²) in [6.07, 6.45) is 7.01. The van der Waals surface area contributed by atoms with Gasteiger partial charge in [-0.15, -0.1) is 0 Å². The lowest BCUT2D eigenvalue weighted by Gasteiger charge is -2.47. The number of nitrogens with zero attached hydrogens (tertiary/aromatic N) is 4. The van der Waals surface area contributed by atoms with Crippen molar-refractivity contribution in [1.29, 1.82) is 0 Å². The fraction of sp³-hybridized carbons (Fsp3) is 0.519. The minimum atomic E-state index is -0.605. The summed E-state index contributed by atoms with van der Waals surface area (Å²) in [7, 11) is 0. The topological polar surface area (TPSA) is 105 Å². The highest BCUT2D eigenvalue weighted by Crippen LogP contribution is 2.36. The molecule has 1 aromatic heterocycles. The van der Waals surface area contributed by atoms with Gasteiger partial charge in [-0.1, -0.05) is 6.42 Å². The predicted molar refractivity (Wildman–Crippen MR) is 130 cm³/mol. The second-order valence-electron chi connectivity index (χ2n) is 10.4. The summed E-state index contributed by atoms with van der Waals surface area (Å²) in [6, 6.07) is 7.31. The highest BCUT2D eigenvalue weighted by atomic mass is 16.5. The van der Waals surface area contributed by atoms with Crippen LogP contribution >= 0.6 is 0 Å². The van der Waals surface area contributed by atoms with Crippen LogP contribution in [0.15, 0.2) is 30.5 Å². The average Bonchev–Trinajstić information content (AvgIpc) is 3.15. The maximum atomic E-state index is 13.0. The van der Waals surface area contributed by atoms with Gasteiger partial charge in [-0.3, -0.25) is 24.6 Å². The Balaban J connectivity index is 1.12. The van der Waals surface area contributed by atoms with Gasteiger partial charge in [0.1, 0.15) is 23.7 Å². The maximum absolute atomic E-state index is 13.0. The van der Waals surface area contributed by atoms with Gasteiger partial charge < -0.3 is 9.64 Å². The number of ether oxygens (including phenoxy) is 1. The lowest BCUT2D eigenvalue weighted by atomic mass is 9.86. The average molecular weight is 490 g/mol. The Morgan fingerprint density at radius 1 is 1.06 bits per heavy atom. The summed E-state index contributed by atoms with van der Waals surface area (Å²) < 4.78 is 6.53. The van der Waals surface area contributed by atoms with Gasteiger partial charge in [0.15, 0.2) is 0 Å². The highest BCUT2D eigenvalue weighted by molar-refractivity contribution is 6.05. The molecule has 4 aliphatic rings. The summed E-state index contributed by atoms with van der Waals surface area (Å²) in [6.45, 7) is 4.26. The molecule has 188 valence electrons. The van der Waals surface area contributed by atoms with E-state index in [2.05, 4.69) is 20.2 Å². The van der Waals surface area contributed by atoms with Crippen LogP contribution in [-0.2, 0) is 16.1 Å². The molecule has 1 saturated carbocycles. The summed E-state index contributed by atoms with van der Waals surface area (Å²) >= 11 is 0. The monoisotopic (exact) mass is 489 g/mol. The van der Waals surface area contributed by atoms with E-state index in [9.17, 15) is 14.4 Å². The third-order valence-corrected chi connectivity index (χ3v) is 8.01. The number of benzene rings is 1. The Kier molecular flexibility index (Phi) is 5.95. The molecule has 1 aliphatic carbocycles. The van der Waals surface area contributed by atoms with Gasteiger partial charge in [0, 0.05) is 55.5 Å². The lowest BCUT2D eigenvalue weighted by Crippen LogP contribution is -2.57. The molecular formula is C27H31N5O4. The van der Waals surface area contributed by atoms with Crippen LogP contribution in [0.1, 0.15) is 71.9 Å². The number of rotatable bonds is 5. The molecule has 2 saturated heterocycles. The molecule has 4 heterocycles. The number of aromatic nitrogens is 2. The van der Waals surface area contributed by atoms with Crippen LogP contribution in [0.25, 0.3) is 0 Å². The maximum Gasteiger partial charge on any atom is 0.255 e. The molecule has 2 unspecified atom stereocenters. The van der Waals surface area contributed by atoms with Crippen LogP contribution in [0.5, 0.6) is 5.75 Å². The van der Waals surface area contributed by atoms with Crippen molar-refractivity contribution in [3.63, 3.8) is 0 Å². The van der Waals surface area contributed by atoms with E-state index in [0.717, 1.165) is 55.2 Å². The van der Waals surface area contributed by atoms with E-state index in [-0.39, 0.29) is 24.3 Å². The molecule has 9 heteroatoms. The van der Waals surface area contributed by atoms with Crippen LogP contribution in [0.3, 0.4) is 0 Å². The minimum absolute atomic E-state index is 0.0968. The molecule has 3 amide bonds. The number of hydrogen-bond acceptors (Lipinski definition) is 7. The first kappa shape index (κ1) is 23.1. The number of carbonyl (C=O) groups excluding carboxylic acids is 3. The number of likely N-dealkylation sites (tertiary alicyclic amines) is 1. The predicted octanol–water partition coefficient (Wildman–Crippen LogP) is 2.34. The normalized spacial score (nSPS) is 27.0. The number of imide groups is 1. The number of carbonyl (C=O) groups is 3. The van der Waals surface area contributed by atoms with E-state index in [4.69, 9.17) is 4.74 Å². The molecule has 0 radical (unpaired) electrons. The largest absolute Gasteiger partial charge is 0.489 e. The van der Waals surface area contributed by atoms with Gasteiger partial charge in [-0.25, -0.2) is 9.97 Å². The van der Waals surface area contributed by atoms with Crippen molar-refractivity contribution >= 4 is 17.7 Å².